The average Bonchev–Trinajstić information content (AvgIpc) is 3.25. The molecule has 0 saturated heterocycles. The van der Waals surface area contributed by atoms with Crippen molar-refractivity contribution in [2.45, 2.75) is 62.6 Å². The molecule has 1 heterocycles. The molecule has 0 aliphatic carbocycles. The molecule has 0 aliphatic rings. The van der Waals surface area contributed by atoms with Gasteiger partial charge in [0.05, 0.1) is 12.1 Å². The number of para-hydroxylation sites is 1. The number of carbonyl (C=O) groups is 2. The summed E-state index contributed by atoms with van der Waals surface area (Å²) in [6, 6.07) is 15.9. The third-order valence-corrected chi connectivity index (χ3v) is 7.43. The van der Waals surface area contributed by atoms with Gasteiger partial charge in [0, 0.05) is 33.3 Å². The number of benzene rings is 2. The van der Waals surface area contributed by atoms with Crippen molar-refractivity contribution in [3.8, 4) is 0 Å². The minimum Gasteiger partial charge on any atom is -0.481 e. The van der Waals surface area contributed by atoms with Crippen molar-refractivity contribution in [2.24, 2.45) is 0 Å². The number of aromatic nitrogens is 1. The highest BCUT2D eigenvalue weighted by molar-refractivity contribution is 8.00. The summed E-state index contributed by atoms with van der Waals surface area (Å²) in [5, 5.41) is 17.8. The first kappa shape index (κ1) is 25.8. The lowest BCUT2D eigenvalue weighted by atomic mass is 10.1. The standard InChI is InChI=1S/C26H31N3O3S2/c1-3-7-21(8-4-2)34-23-10-6-5-9-22(23)27-16-18-11-13-19(14-12-18)25(32)29-26-28-20(17-33-26)15-24(30)31/h5-6,9-14,17,21,27H,3-4,7-8,15-16H2,1-2H3,(H,30,31)(H,28,29,32). The van der Waals surface area contributed by atoms with Gasteiger partial charge in [0.2, 0.25) is 0 Å². The molecule has 2 aromatic carbocycles. The van der Waals surface area contributed by atoms with Crippen LogP contribution in [0.3, 0.4) is 0 Å². The van der Waals surface area contributed by atoms with E-state index in [2.05, 4.69) is 53.7 Å². The molecule has 34 heavy (non-hydrogen) atoms. The predicted octanol–water partition coefficient (Wildman–Crippen LogP) is 6.70. The molecule has 1 aromatic heterocycles. The van der Waals surface area contributed by atoms with Crippen molar-refractivity contribution in [3.05, 3.63) is 70.7 Å². The van der Waals surface area contributed by atoms with Crippen molar-refractivity contribution in [3.63, 3.8) is 0 Å². The lowest BCUT2D eigenvalue weighted by Gasteiger charge is -2.18. The van der Waals surface area contributed by atoms with Crippen LogP contribution in [-0.4, -0.2) is 27.2 Å². The molecule has 0 bridgehead atoms. The van der Waals surface area contributed by atoms with E-state index in [-0.39, 0.29) is 12.3 Å². The van der Waals surface area contributed by atoms with Crippen LogP contribution < -0.4 is 10.6 Å². The minimum atomic E-state index is -0.949. The smallest absolute Gasteiger partial charge is 0.309 e. The van der Waals surface area contributed by atoms with Crippen LogP contribution in [0.15, 0.2) is 58.8 Å². The second kappa shape index (κ2) is 13.2. The number of anilines is 2. The summed E-state index contributed by atoms with van der Waals surface area (Å²) >= 11 is 3.18. The molecule has 3 rings (SSSR count). The fourth-order valence-corrected chi connectivity index (χ4v) is 5.74. The Kier molecular flexibility index (Phi) is 9.97. The summed E-state index contributed by atoms with van der Waals surface area (Å²) in [5.74, 6) is -1.22. The first-order valence-electron chi connectivity index (χ1n) is 11.5. The number of hydrogen-bond acceptors (Lipinski definition) is 6. The quantitative estimate of drug-likeness (QED) is 0.228. The Labute approximate surface area is 209 Å². The van der Waals surface area contributed by atoms with Crippen molar-refractivity contribution in [1.82, 2.24) is 4.98 Å². The number of thioether (sulfide) groups is 1. The molecule has 0 unspecified atom stereocenters. The van der Waals surface area contributed by atoms with E-state index in [0.29, 0.717) is 28.2 Å². The van der Waals surface area contributed by atoms with Crippen molar-refractivity contribution in [1.29, 1.82) is 0 Å². The van der Waals surface area contributed by atoms with E-state index in [1.807, 2.05) is 23.9 Å². The molecular weight excluding hydrogens is 466 g/mol. The van der Waals surface area contributed by atoms with Crippen molar-refractivity contribution in [2.75, 3.05) is 10.6 Å². The number of hydrogen-bond donors (Lipinski definition) is 3. The zero-order valence-electron chi connectivity index (χ0n) is 19.5. The number of carbonyl (C=O) groups excluding carboxylic acids is 1. The summed E-state index contributed by atoms with van der Waals surface area (Å²) in [4.78, 5) is 28.7. The van der Waals surface area contributed by atoms with E-state index in [9.17, 15) is 9.59 Å². The normalized spacial score (nSPS) is 10.9. The number of nitrogens with zero attached hydrogens (tertiary/aromatic N) is 1. The molecule has 3 aromatic rings. The number of rotatable bonds is 13. The molecule has 0 aliphatic heterocycles. The third-order valence-electron chi connectivity index (χ3n) is 5.21. The maximum Gasteiger partial charge on any atom is 0.309 e. The van der Waals surface area contributed by atoms with Gasteiger partial charge in [-0.3, -0.25) is 14.9 Å². The number of aliphatic carboxylic acids is 1. The largest absolute Gasteiger partial charge is 0.481 e. The average molecular weight is 498 g/mol. The van der Waals surface area contributed by atoms with Gasteiger partial charge >= 0.3 is 5.97 Å². The van der Waals surface area contributed by atoms with Crippen LogP contribution in [0.25, 0.3) is 0 Å². The number of carboxylic acid groups (broad SMARTS) is 1. The van der Waals surface area contributed by atoms with Gasteiger partial charge in [-0.2, -0.15) is 0 Å². The lowest BCUT2D eigenvalue weighted by molar-refractivity contribution is -0.136. The van der Waals surface area contributed by atoms with Crippen LogP contribution in [0.1, 0.15) is 61.1 Å². The maximum atomic E-state index is 12.5. The van der Waals surface area contributed by atoms with Gasteiger partial charge in [-0.05, 0) is 42.7 Å². The zero-order chi connectivity index (χ0) is 24.3. The van der Waals surface area contributed by atoms with E-state index in [1.54, 1.807) is 17.5 Å². The van der Waals surface area contributed by atoms with E-state index >= 15 is 0 Å². The highest BCUT2D eigenvalue weighted by Gasteiger charge is 2.13. The molecule has 8 heteroatoms. The molecule has 0 saturated carbocycles. The zero-order valence-corrected chi connectivity index (χ0v) is 21.2. The fraction of sp³-hybridized carbons (Fsp3) is 0.346. The highest BCUT2D eigenvalue weighted by atomic mass is 32.2. The number of carboxylic acids is 1. The Morgan fingerprint density at radius 2 is 1.76 bits per heavy atom. The number of amides is 1. The van der Waals surface area contributed by atoms with Crippen LogP contribution in [0.4, 0.5) is 10.8 Å². The van der Waals surface area contributed by atoms with E-state index in [0.717, 1.165) is 11.3 Å². The monoisotopic (exact) mass is 497 g/mol. The van der Waals surface area contributed by atoms with Crippen LogP contribution in [0.2, 0.25) is 0 Å². The predicted molar refractivity (Wildman–Crippen MR) is 141 cm³/mol. The minimum absolute atomic E-state index is 0.159. The summed E-state index contributed by atoms with van der Waals surface area (Å²) in [6.07, 6.45) is 4.67. The first-order chi connectivity index (χ1) is 16.5. The summed E-state index contributed by atoms with van der Waals surface area (Å²) in [7, 11) is 0. The first-order valence-corrected chi connectivity index (χ1v) is 13.3. The molecule has 0 atom stereocenters. The molecule has 180 valence electrons. The van der Waals surface area contributed by atoms with Crippen LogP contribution in [0, 0.1) is 0 Å². The maximum absolute atomic E-state index is 12.5. The topological polar surface area (TPSA) is 91.3 Å². The molecule has 6 nitrogen and oxygen atoms in total. The Balaban J connectivity index is 1.57. The SMILES string of the molecule is CCCC(CCC)Sc1ccccc1NCc1ccc(C(=O)Nc2nc(CC(=O)O)cs2)cc1. The van der Waals surface area contributed by atoms with Crippen molar-refractivity contribution >= 4 is 45.8 Å². The van der Waals surface area contributed by atoms with Gasteiger partial charge in [-0.25, -0.2) is 4.98 Å². The second-order valence-corrected chi connectivity index (χ2v) is 10.2. The Hall–Kier alpha value is -2.84. The van der Waals surface area contributed by atoms with E-state index in [4.69, 9.17) is 5.11 Å². The van der Waals surface area contributed by atoms with Crippen LogP contribution >= 0.6 is 23.1 Å². The van der Waals surface area contributed by atoms with Gasteiger partial charge in [0.1, 0.15) is 0 Å². The van der Waals surface area contributed by atoms with Crippen LogP contribution in [0.5, 0.6) is 0 Å². The molecular formula is C26H31N3O3S2. The molecule has 0 radical (unpaired) electrons. The fourth-order valence-electron chi connectivity index (χ4n) is 3.54. The van der Waals surface area contributed by atoms with Gasteiger partial charge < -0.3 is 10.4 Å². The molecule has 0 fully saturated rings. The van der Waals surface area contributed by atoms with Crippen molar-refractivity contribution < 1.29 is 14.7 Å². The lowest BCUT2D eigenvalue weighted by Crippen LogP contribution is -2.12. The van der Waals surface area contributed by atoms with E-state index < -0.39 is 5.97 Å². The van der Waals surface area contributed by atoms with Gasteiger partial charge in [-0.15, -0.1) is 23.1 Å². The van der Waals surface area contributed by atoms with Gasteiger partial charge in [0.15, 0.2) is 5.13 Å². The Morgan fingerprint density at radius 3 is 2.44 bits per heavy atom. The van der Waals surface area contributed by atoms with Crippen LogP contribution in [-0.2, 0) is 17.8 Å². The highest BCUT2D eigenvalue weighted by Crippen LogP contribution is 2.34. The third kappa shape index (κ3) is 7.88. The molecule has 1 amide bonds. The van der Waals surface area contributed by atoms with E-state index in [1.165, 1.54) is 41.9 Å². The summed E-state index contributed by atoms with van der Waals surface area (Å²) < 4.78 is 0. The Bertz CT molecular complexity index is 1080. The molecule has 0 spiro atoms. The summed E-state index contributed by atoms with van der Waals surface area (Å²) in [6.45, 7) is 5.15. The summed E-state index contributed by atoms with van der Waals surface area (Å²) in [5.41, 5.74) is 3.17. The Morgan fingerprint density at radius 1 is 1.06 bits per heavy atom. The number of thiazole rings is 1. The number of nitrogens with one attached hydrogen (secondary N) is 2. The van der Waals surface area contributed by atoms with Gasteiger partial charge in [0.25, 0.3) is 5.91 Å². The second-order valence-electron chi connectivity index (χ2n) is 8.03. The molecule has 3 N–H and O–H groups in total. The van der Waals surface area contributed by atoms with Gasteiger partial charge in [-0.1, -0.05) is 51.0 Å².